The van der Waals surface area contributed by atoms with Gasteiger partial charge < -0.3 is 16.6 Å². The second-order valence-corrected chi connectivity index (χ2v) is 1.42. The summed E-state index contributed by atoms with van der Waals surface area (Å²) in [5.74, 6) is -1.21. The lowest BCUT2D eigenvalue weighted by atomic mass is 10.5. The predicted octanol–water partition coefficient (Wildman–Crippen LogP) is -1.09. The van der Waals surface area contributed by atoms with Crippen LogP contribution in [0.2, 0.25) is 0 Å². The van der Waals surface area contributed by atoms with Gasteiger partial charge in [0.2, 0.25) is 5.91 Å². The molecule has 60 valence electrons. The number of aliphatic carboxylic acids is 1. The number of carbonyl (C=O) groups is 2. The van der Waals surface area contributed by atoms with Gasteiger partial charge in [-0.15, -0.1) is 0 Å². The quantitative estimate of drug-likeness (QED) is 0.462. The molecule has 5 heteroatoms. The van der Waals surface area contributed by atoms with E-state index in [9.17, 15) is 9.59 Å². The third kappa shape index (κ3) is 28.6. The predicted molar refractivity (Wildman–Crippen MR) is 36.2 cm³/mol. The molecule has 0 aliphatic heterocycles. The van der Waals surface area contributed by atoms with Crippen LogP contribution in [0.1, 0.15) is 13.3 Å². The summed E-state index contributed by atoms with van der Waals surface area (Å²) in [6.45, 7) is 1.45. The molecule has 0 saturated heterocycles. The van der Waals surface area contributed by atoms with Crippen LogP contribution in [0.3, 0.4) is 0 Å². The Bertz CT molecular complexity index is 99.5. The molecule has 0 aromatic carbocycles. The van der Waals surface area contributed by atoms with Crippen molar-refractivity contribution in [1.29, 1.82) is 0 Å². The van der Waals surface area contributed by atoms with Crippen molar-refractivity contribution < 1.29 is 14.7 Å². The lowest BCUT2D eigenvalue weighted by Gasteiger charge is -1.73. The topological polar surface area (TPSA) is 106 Å². The molecule has 0 radical (unpaired) electrons. The molecule has 0 aliphatic rings. The molecule has 0 aliphatic carbocycles. The Balaban J connectivity index is 0. The molecule has 0 aromatic rings. The third-order valence-corrected chi connectivity index (χ3v) is 0.523. The van der Waals surface area contributed by atoms with Gasteiger partial charge in [-0.3, -0.25) is 9.59 Å². The molecule has 0 aromatic heterocycles. The largest absolute Gasteiger partial charge is 0.480 e. The van der Waals surface area contributed by atoms with Crippen LogP contribution in [0.15, 0.2) is 0 Å². The van der Waals surface area contributed by atoms with Gasteiger partial charge in [-0.05, 0) is 0 Å². The van der Waals surface area contributed by atoms with Crippen LogP contribution in [0, 0.1) is 0 Å². The van der Waals surface area contributed by atoms with E-state index in [2.05, 4.69) is 11.5 Å². The number of primary amides is 1. The number of amides is 1. The van der Waals surface area contributed by atoms with Crippen molar-refractivity contribution in [1.82, 2.24) is 0 Å². The first kappa shape index (κ1) is 11.7. The number of carboxylic acid groups (broad SMARTS) is 1. The Labute approximate surface area is 59.0 Å². The van der Waals surface area contributed by atoms with Crippen molar-refractivity contribution in [2.45, 2.75) is 13.3 Å². The smallest absolute Gasteiger partial charge is 0.317 e. The Hall–Kier alpha value is -1.10. The first-order valence-electron chi connectivity index (χ1n) is 2.74. The number of hydrogen-bond acceptors (Lipinski definition) is 3. The maximum absolute atomic E-state index is 9.59. The second-order valence-electron chi connectivity index (χ2n) is 1.42. The molecule has 0 spiro atoms. The van der Waals surface area contributed by atoms with Crippen LogP contribution in [0.25, 0.3) is 0 Å². The van der Waals surface area contributed by atoms with Gasteiger partial charge in [0.05, 0.1) is 6.54 Å². The molecule has 0 heterocycles. The molecule has 10 heavy (non-hydrogen) atoms. The molecule has 0 rings (SSSR count). The van der Waals surface area contributed by atoms with Gasteiger partial charge in [0.15, 0.2) is 0 Å². The standard InChI is InChI=1S/C3H7NO.C2H5NO2/c1-2-3(4)5;3-1-2(4)5/h2H2,1H3,(H2,4,5);1,3H2,(H,4,5). The Kier molecular flexibility index (Phi) is 9.22. The van der Waals surface area contributed by atoms with Crippen LogP contribution in [-0.2, 0) is 9.59 Å². The fourth-order valence-electron chi connectivity index (χ4n) is 0. The van der Waals surface area contributed by atoms with Gasteiger partial charge in [-0.1, -0.05) is 6.92 Å². The minimum atomic E-state index is -0.968. The molecular weight excluding hydrogens is 136 g/mol. The third-order valence-electron chi connectivity index (χ3n) is 0.523. The highest BCUT2D eigenvalue weighted by molar-refractivity contribution is 5.73. The Morgan fingerprint density at radius 3 is 1.70 bits per heavy atom. The summed E-state index contributed by atoms with van der Waals surface area (Å²) in [6.07, 6.45) is 0.444. The van der Waals surface area contributed by atoms with Gasteiger partial charge >= 0.3 is 5.97 Å². The average Bonchev–Trinajstić information content (AvgIpc) is 1.89. The van der Waals surface area contributed by atoms with Crippen molar-refractivity contribution >= 4 is 11.9 Å². The monoisotopic (exact) mass is 148 g/mol. The number of nitrogens with two attached hydrogens (primary N) is 2. The highest BCUT2D eigenvalue weighted by Crippen LogP contribution is 1.63. The van der Waals surface area contributed by atoms with Crippen LogP contribution in [-0.4, -0.2) is 23.5 Å². The van der Waals surface area contributed by atoms with Crippen LogP contribution >= 0.6 is 0 Å². The van der Waals surface area contributed by atoms with Crippen LogP contribution in [0.4, 0.5) is 0 Å². The second kappa shape index (κ2) is 7.90. The molecule has 0 fully saturated rings. The first-order chi connectivity index (χ1) is 4.54. The summed E-state index contributed by atoms with van der Waals surface area (Å²) in [6, 6.07) is 0. The molecule has 0 saturated carbocycles. The van der Waals surface area contributed by atoms with Gasteiger partial charge in [0.25, 0.3) is 0 Å². The summed E-state index contributed by atoms with van der Waals surface area (Å²) in [5.41, 5.74) is 9.22. The lowest BCUT2D eigenvalue weighted by molar-refractivity contribution is -0.135. The van der Waals surface area contributed by atoms with Gasteiger partial charge in [0, 0.05) is 6.42 Å². The highest BCUT2D eigenvalue weighted by atomic mass is 16.4. The lowest BCUT2D eigenvalue weighted by Crippen LogP contribution is -2.10. The van der Waals surface area contributed by atoms with Crippen molar-refractivity contribution in [2.75, 3.05) is 6.54 Å². The highest BCUT2D eigenvalue weighted by Gasteiger charge is 1.81. The molecule has 1 amide bonds. The van der Waals surface area contributed by atoms with E-state index < -0.39 is 5.97 Å². The molecule has 0 unspecified atom stereocenters. The van der Waals surface area contributed by atoms with Crippen molar-refractivity contribution in [3.8, 4) is 0 Å². The fraction of sp³-hybridized carbons (Fsp3) is 0.600. The summed E-state index contributed by atoms with van der Waals surface area (Å²) in [7, 11) is 0. The van der Waals surface area contributed by atoms with E-state index in [1.807, 2.05) is 0 Å². The molecular formula is C5H12N2O3. The SMILES string of the molecule is CCC(N)=O.NCC(=O)O. The maximum Gasteiger partial charge on any atom is 0.317 e. The van der Waals surface area contributed by atoms with Crippen LogP contribution < -0.4 is 11.5 Å². The van der Waals surface area contributed by atoms with E-state index in [0.717, 1.165) is 0 Å². The number of carboxylic acids is 1. The summed E-state index contributed by atoms with van der Waals surface area (Å²) in [4.78, 5) is 18.8. The molecule has 0 bridgehead atoms. The van der Waals surface area contributed by atoms with Crippen molar-refractivity contribution in [2.24, 2.45) is 11.5 Å². The average molecular weight is 148 g/mol. The zero-order valence-corrected chi connectivity index (χ0v) is 5.83. The first-order valence-corrected chi connectivity index (χ1v) is 2.74. The minimum absolute atomic E-state index is 0.245. The molecule has 5 nitrogen and oxygen atoms in total. The fourth-order valence-corrected chi connectivity index (χ4v) is 0. The van der Waals surface area contributed by atoms with Crippen molar-refractivity contribution in [3.05, 3.63) is 0 Å². The zero-order valence-electron chi connectivity index (χ0n) is 5.83. The van der Waals surface area contributed by atoms with Crippen LogP contribution in [0.5, 0.6) is 0 Å². The number of carbonyl (C=O) groups excluding carboxylic acids is 1. The van der Waals surface area contributed by atoms with E-state index in [-0.39, 0.29) is 12.5 Å². The van der Waals surface area contributed by atoms with Gasteiger partial charge in [0.1, 0.15) is 0 Å². The van der Waals surface area contributed by atoms with E-state index in [4.69, 9.17) is 5.11 Å². The normalized spacial score (nSPS) is 7.40. The minimum Gasteiger partial charge on any atom is -0.480 e. The Morgan fingerprint density at radius 1 is 1.50 bits per heavy atom. The van der Waals surface area contributed by atoms with Gasteiger partial charge in [-0.2, -0.15) is 0 Å². The molecule has 5 N–H and O–H groups in total. The van der Waals surface area contributed by atoms with E-state index in [0.29, 0.717) is 6.42 Å². The number of hydrogen-bond donors (Lipinski definition) is 3. The summed E-state index contributed by atoms with van der Waals surface area (Å²) in [5, 5.41) is 7.60. The Morgan fingerprint density at radius 2 is 1.70 bits per heavy atom. The molecule has 0 atom stereocenters. The van der Waals surface area contributed by atoms with E-state index >= 15 is 0 Å². The van der Waals surface area contributed by atoms with E-state index in [1.54, 1.807) is 6.92 Å². The number of rotatable bonds is 2. The summed E-state index contributed by atoms with van der Waals surface area (Å²) < 4.78 is 0. The maximum atomic E-state index is 9.59. The van der Waals surface area contributed by atoms with Crippen molar-refractivity contribution in [3.63, 3.8) is 0 Å². The summed E-state index contributed by atoms with van der Waals surface area (Å²) >= 11 is 0. The zero-order chi connectivity index (χ0) is 8.57. The van der Waals surface area contributed by atoms with Gasteiger partial charge in [-0.25, -0.2) is 0 Å². The van der Waals surface area contributed by atoms with E-state index in [1.165, 1.54) is 0 Å².